The number of rotatable bonds is 6. The monoisotopic (exact) mass is 278 g/mol. The van der Waals surface area contributed by atoms with Crippen LogP contribution >= 0.6 is 0 Å². The van der Waals surface area contributed by atoms with Gasteiger partial charge in [-0.1, -0.05) is 13.3 Å². The molecule has 2 heterocycles. The van der Waals surface area contributed by atoms with Crippen LogP contribution in [0.2, 0.25) is 0 Å². The average molecular weight is 278 g/mol. The molecule has 2 rings (SSSR count). The van der Waals surface area contributed by atoms with Gasteiger partial charge in [0.25, 0.3) is 0 Å². The highest BCUT2D eigenvalue weighted by atomic mass is 16.6. The lowest BCUT2D eigenvalue weighted by molar-refractivity contribution is -0.384. The average Bonchev–Trinajstić information content (AvgIpc) is 2.91. The Bertz CT molecular complexity index is 615. The lowest BCUT2D eigenvalue weighted by Gasteiger charge is -2.06. The molecule has 0 aliphatic carbocycles. The number of nitrogens with zero attached hydrogens (tertiary/aromatic N) is 5. The van der Waals surface area contributed by atoms with Crippen LogP contribution in [0.5, 0.6) is 0 Å². The van der Waals surface area contributed by atoms with Crippen LogP contribution in [0, 0.1) is 10.1 Å². The molecular formula is C12H18N6O2. The van der Waals surface area contributed by atoms with Gasteiger partial charge in [-0.05, 0) is 12.5 Å². The second-order valence-electron chi connectivity index (χ2n) is 4.57. The fourth-order valence-electron chi connectivity index (χ4n) is 2.11. The van der Waals surface area contributed by atoms with E-state index in [4.69, 9.17) is 0 Å². The second kappa shape index (κ2) is 5.72. The van der Waals surface area contributed by atoms with E-state index in [1.54, 1.807) is 17.9 Å². The maximum atomic E-state index is 11.3. The quantitative estimate of drug-likeness (QED) is 0.640. The van der Waals surface area contributed by atoms with Crippen molar-refractivity contribution >= 4 is 11.5 Å². The summed E-state index contributed by atoms with van der Waals surface area (Å²) in [5.41, 5.74) is 1.53. The minimum atomic E-state index is -0.371. The van der Waals surface area contributed by atoms with Crippen LogP contribution in [0.15, 0.2) is 12.3 Å². The number of hydrogen-bond acceptors (Lipinski definition) is 5. The van der Waals surface area contributed by atoms with Crippen molar-refractivity contribution in [2.45, 2.75) is 26.3 Å². The zero-order valence-electron chi connectivity index (χ0n) is 11.8. The molecule has 0 atom stereocenters. The summed E-state index contributed by atoms with van der Waals surface area (Å²) in [6.07, 6.45) is 3.10. The lowest BCUT2D eigenvalue weighted by atomic mass is 10.2. The van der Waals surface area contributed by atoms with E-state index in [1.807, 2.05) is 20.0 Å². The highest BCUT2D eigenvalue weighted by Gasteiger charge is 2.25. The van der Waals surface area contributed by atoms with E-state index in [1.165, 1.54) is 4.68 Å². The lowest BCUT2D eigenvalue weighted by Crippen LogP contribution is -2.09. The predicted octanol–water partition coefficient (Wildman–Crippen LogP) is 1.63. The summed E-state index contributed by atoms with van der Waals surface area (Å²) in [6, 6.07) is 1.86. The van der Waals surface area contributed by atoms with Crippen molar-refractivity contribution in [1.29, 1.82) is 0 Å². The van der Waals surface area contributed by atoms with Crippen LogP contribution in [-0.2, 0) is 27.1 Å². The summed E-state index contributed by atoms with van der Waals surface area (Å²) in [5, 5.41) is 22.6. The van der Waals surface area contributed by atoms with Gasteiger partial charge in [0.1, 0.15) is 5.69 Å². The smallest absolute Gasteiger partial charge is 0.334 e. The molecule has 0 saturated heterocycles. The van der Waals surface area contributed by atoms with Gasteiger partial charge < -0.3 is 5.32 Å². The topological polar surface area (TPSA) is 90.8 Å². The van der Waals surface area contributed by atoms with Crippen LogP contribution in [0.25, 0.3) is 0 Å². The van der Waals surface area contributed by atoms with Crippen molar-refractivity contribution in [3.8, 4) is 0 Å². The molecule has 0 radical (unpaired) electrons. The Hall–Kier alpha value is -2.38. The zero-order chi connectivity index (χ0) is 14.7. The molecule has 1 N–H and O–H groups in total. The van der Waals surface area contributed by atoms with Gasteiger partial charge in [0.15, 0.2) is 0 Å². The molecule has 0 saturated carbocycles. The van der Waals surface area contributed by atoms with E-state index in [0.717, 1.165) is 12.1 Å². The standard InChI is InChI=1S/C12H18N6O2/c1-4-5-10-11(18(19)20)12(17(3)15-10)13-8-9-6-7-14-16(9)2/h6-7,13H,4-5,8H2,1-3H3. The summed E-state index contributed by atoms with van der Waals surface area (Å²) in [5.74, 6) is 0.430. The van der Waals surface area contributed by atoms with E-state index in [2.05, 4.69) is 15.5 Å². The molecule has 2 aromatic rings. The molecule has 0 bridgehead atoms. The Labute approximate surface area is 116 Å². The number of aromatic nitrogens is 4. The summed E-state index contributed by atoms with van der Waals surface area (Å²) < 4.78 is 3.25. The maximum Gasteiger partial charge on any atom is 0.334 e. The first-order valence-electron chi connectivity index (χ1n) is 6.45. The molecule has 0 aliphatic rings. The molecule has 0 aliphatic heterocycles. The molecule has 8 nitrogen and oxygen atoms in total. The molecule has 2 aromatic heterocycles. The maximum absolute atomic E-state index is 11.3. The molecule has 108 valence electrons. The highest BCUT2D eigenvalue weighted by Crippen LogP contribution is 2.29. The van der Waals surface area contributed by atoms with Crippen molar-refractivity contribution in [2.24, 2.45) is 14.1 Å². The SMILES string of the molecule is CCCc1nn(C)c(NCc2ccnn2C)c1[N+](=O)[O-]. The van der Waals surface area contributed by atoms with E-state index in [9.17, 15) is 10.1 Å². The Balaban J connectivity index is 2.26. The molecule has 0 amide bonds. The molecule has 0 spiro atoms. The summed E-state index contributed by atoms with van der Waals surface area (Å²) in [6.45, 7) is 2.43. The fraction of sp³-hybridized carbons (Fsp3) is 0.500. The number of anilines is 1. The molecule has 0 fully saturated rings. The van der Waals surface area contributed by atoms with Gasteiger partial charge in [0.2, 0.25) is 5.82 Å². The van der Waals surface area contributed by atoms with E-state index in [-0.39, 0.29) is 10.6 Å². The summed E-state index contributed by atoms with van der Waals surface area (Å²) in [4.78, 5) is 10.9. The number of aryl methyl sites for hydroxylation is 3. The molecule has 0 unspecified atom stereocenters. The van der Waals surface area contributed by atoms with Crippen molar-refractivity contribution < 1.29 is 4.92 Å². The van der Waals surface area contributed by atoms with Crippen molar-refractivity contribution in [3.63, 3.8) is 0 Å². The van der Waals surface area contributed by atoms with Gasteiger partial charge in [-0.25, -0.2) is 4.68 Å². The number of nitro groups is 1. The minimum Gasteiger partial charge on any atom is -0.359 e. The van der Waals surface area contributed by atoms with Gasteiger partial charge in [-0.2, -0.15) is 10.2 Å². The highest BCUT2D eigenvalue weighted by molar-refractivity contribution is 5.59. The first-order chi connectivity index (χ1) is 9.54. The fourth-order valence-corrected chi connectivity index (χ4v) is 2.11. The minimum absolute atomic E-state index is 0.0662. The van der Waals surface area contributed by atoms with Crippen molar-refractivity contribution in [2.75, 3.05) is 5.32 Å². The van der Waals surface area contributed by atoms with Crippen LogP contribution in [0.4, 0.5) is 11.5 Å². The molecule has 0 aromatic carbocycles. The van der Waals surface area contributed by atoms with Gasteiger partial charge in [0.05, 0.1) is 17.2 Å². The van der Waals surface area contributed by atoms with Crippen LogP contribution in [0.1, 0.15) is 24.7 Å². The number of nitrogens with one attached hydrogen (secondary N) is 1. The van der Waals surface area contributed by atoms with Crippen LogP contribution < -0.4 is 5.32 Å². The Morgan fingerprint density at radius 1 is 1.40 bits per heavy atom. The Morgan fingerprint density at radius 3 is 2.70 bits per heavy atom. The van der Waals surface area contributed by atoms with Crippen LogP contribution in [0.3, 0.4) is 0 Å². The Morgan fingerprint density at radius 2 is 2.15 bits per heavy atom. The van der Waals surface area contributed by atoms with Gasteiger partial charge in [-0.3, -0.25) is 14.8 Å². The van der Waals surface area contributed by atoms with E-state index >= 15 is 0 Å². The predicted molar refractivity (Wildman–Crippen MR) is 74.4 cm³/mol. The largest absolute Gasteiger partial charge is 0.359 e. The normalized spacial score (nSPS) is 10.8. The third-order valence-corrected chi connectivity index (χ3v) is 3.12. The Kier molecular flexibility index (Phi) is 4.02. The van der Waals surface area contributed by atoms with E-state index in [0.29, 0.717) is 24.5 Å². The van der Waals surface area contributed by atoms with Gasteiger partial charge in [-0.15, -0.1) is 0 Å². The van der Waals surface area contributed by atoms with Crippen LogP contribution in [-0.4, -0.2) is 24.5 Å². The molecule has 8 heteroatoms. The first-order valence-corrected chi connectivity index (χ1v) is 6.45. The first kappa shape index (κ1) is 14.0. The van der Waals surface area contributed by atoms with Gasteiger partial charge in [0, 0.05) is 20.3 Å². The molecule has 20 heavy (non-hydrogen) atoms. The van der Waals surface area contributed by atoms with E-state index < -0.39 is 0 Å². The third-order valence-electron chi connectivity index (χ3n) is 3.12. The second-order valence-corrected chi connectivity index (χ2v) is 4.57. The van der Waals surface area contributed by atoms with Crippen molar-refractivity contribution in [1.82, 2.24) is 19.6 Å². The summed E-state index contributed by atoms with van der Waals surface area (Å²) in [7, 11) is 3.54. The summed E-state index contributed by atoms with van der Waals surface area (Å²) >= 11 is 0. The third kappa shape index (κ3) is 2.63. The number of hydrogen-bond donors (Lipinski definition) is 1. The van der Waals surface area contributed by atoms with Crippen molar-refractivity contribution in [3.05, 3.63) is 33.8 Å². The zero-order valence-corrected chi connectivity index (χ0v) is 11.8. The molecular weight excluding hydrogens is 260 g/mol. The van der Waals surface area contributed by atoms with Gasteiger partial charge >= 0.3 is 5.69 Å².